The van der Waals surface area contributed by atoms with E-state index in [9.17, 15) is 4.79 Å². The van der Waals surface area contributed by atoms with Crippen molar-refractivity contribution >= 4 is 5.91 Å². The van der Waals surface area contributed by atoms with E-state index in [1.165, 1.54) is 38.5 Å². The molecular weight excluding hydrogens is 224 g/mol. The number of hydrogen-bond acceptors (Lipinski definition) is 2. The van der Waals surface area contributed by atoms with E-state index in [2.05, 4.69) is 19.2 Å². The summed E-state index contributed by atoms with van der Waals surface area (Å²) in [5.41, 5.74) is 6.23. The summed E-state index contributed by atoms with van der Waals surface area (Å²) in [5, 5.41) is 3.07. The van der Waals surface area contributed by atoms with Crippen LogP contribution in [0, 0.1) is 11.3 Å². The van der Waals surface area contributed by atoms with E-state index in [-0.39, 0.29) is 23.3 Å². The number of nitrogens with one attached hydrogen (secondary N) is 1. The number of carbonyl (C=O) groups excluding carboxylic acids is 1. The first-order valence-electron chi connectivity index (χ1n) is 7.52. The molecule has 0 bridgehead atoms. The molecule has 2 unspecified atom stereocenters. The van der Waals surface area contributed by atoms with Gasteiger partial charge in [0.2, 0.25) is 5.91 Å². The Labute approximate surface area is 112 Å². The fraction of sp³-hybridized carbons (Fsp3) is 0.933. The Kier molecular flexibility index (Phi) is 6.13. The van der Waals surface area contributed by atoms with Gasteiger partial charge < -0.3 is 11.1 Å². The topological polar surface area (TPSA) is 55.1 Å². The molecular formula is C15H30N2O. The van der Waals surface area contributed by atoms with Crippen LogP contribution in [0.4, 0.5) is 0 Å². The molecule has 0 radical (unpaired) electrons. The lowest BCUT2D eigenvalue weighted by molar-refractivity contribution is -0.123. The van der Waals surface area contributed by atoms with E-state index < -0.39 is 0 Å². The van der Waals surface area contributed by atoms with Crippen LogP contribution in [0.5, 0.6) is 0 Å². The Morgan fingerprint density at radius 3 is 2.33 bits per heavy atom. The largest absolute Gasteiger partial charge is 0.354 e. The number of carbonyl (C=O) groups is 1. The normalized spacial score (nSPS) is 22.9. The van der Waals surface area contributed by atoms with Gasteiger partial charge in [0, 0.05) is 6.54 Å². The van der Waals surface area contributed by atoms with Crippen LogP contribution in [0.15, 0.2) is 0 Å². The first-order chi connectivity index (χ1) is 8.48. The summed E-state index contributed by atoms with van der Waals surface area (Å²) >= 11 is 0. The Hall–Kier alpha value is -0.570. The molecule has 0 aliphatic heterocycles. The lowest BCUT2D eigenvalue weighted by Crippen LogP contribution is -2.47. The van der Waals surface area contributed by atoms with Crippen molar-refractivity contribution < 1.29 is 4.79 Å². The van der Waals surface area contributed by atoms with Gasteiger partial charge in [-0.2, -0.15) is 0 Å². The van der Waals surface area contributed by atoms with Gasteiger partial charge in [-0.25, -0.2) is 0 Å². The summed E-state index contributed by atoms with van der Waals surface area (Å²) in [6.07, 6.45) is 8.68. The minimum absolute atomic E-state index is 0.0230. The molecule has 1 rings (SSSR count). The van der Waals surface area contributed by atoms with Crippen molar-refractivity contribution in [2.24, 2.45) is 17.1 Å². The van der Waals surface area contributed by atoms with Crippen LogP contribution in [-0.4, -0.2) is 18.5 Å². The first-order valence-corrected chi connectivity index (χ1v) is 7.52. The van der Waals surface area contributed by atoms with Crippen molar-refractivity contribution in [1.29, 1.82) is 0 Å². The van der Waals surface area contributed by atoms with Crippen LogP contribution >= 0.6 is 0 Å². The van der Waals surface area contributed by atoms with Gasteiger partial charge in [-0.3, -0.25) is 4.79 Å². The Bertz CT molecular complexity index is 257. The zero-order valence-electron chi connectivity index (χ0n) is 12.3. The molecule has 0 spiro atoms. The molecule has 1 aliphatic rings. The molecule has 0 saturated heterocycles. The minimum atomic E-state index is -0.357. The lowest BCUT2D eigenvalue weighted by atomic mass is 9.82. The average molecular weight is 254 g/mol. The Balaban J connectivity index is 2.40. The summed E-state index contributed by atoms with van der Waals surface area (Å²) in [6.45, 7) is 7.20. The highest BCUT2D eigenvalue weighted by Gasteiger charge is 2.27. The van der Waals surface area contributed by atoms with Crippen LogP contribution < -0.4 is 11.1 Å². The highest BCUT2D eigenvalue weighted by atomic mass is 16.2. The first kappa shape index (κ1) is 15.5. The molecule has 0 aromatic heterocycles. The van der Waals surface area contributed by atoms with Crippen molar-refractivity contribution in [2.45, 2.75) is 71.8 Å². The molecule has 0 aromatic carbocycles. The number of hydrogen-bond donors (Lipinski definition) is 2. The predicted octanol–water partition coefficient (Wildman–Crippen LogP) is 2.84. The van der Waals surface area contributed by atoms with Crippen LogP contribution in [-0.2, 0) is 4.79 Å². The molecule has 106 valence electrons. The second-order valence-electron chi connectivity index (χ2n) is 6.35. The molecule has 1 fully saturated rings. The Morgan fingerprint density at radius 1 is 1.28 bits per heavy atom. The Morgan fingerprint density at radius 2 is 1.83 bits per heavy atom. The third-order valence-electron chi connectivity index (χ3n) is 4.56. The zero-order chi connectivity index (χ0) is 13.6. The standard InChI is InChI=1S/C15H30N2O/c1-4-12(2)13(16)14(18)17-11-15(3)9-7-5-6-8-10-15/h12-13H,4-11,16H2,1-3H3,(H,17,18). The third-order valence-corrected chi connectivity index (χ3v) is 4.56. The summed E-state index contributed by atoms with van der Waals surface area (Å²) in [5.74, 6) is 0.279. The molecule has 0 heterocycles. The van der Waals surface area contributed by atoms with E-state index in [1.54, 1.807) is 0 Å². The van der Waals surface area contributed by atoms with E-state index in [4.69, 9.17) is 5.73 Å². The van der Waals surface area contributed by atoms with Crippen LogP contribution in [0.1, 0.15) is 65.7 Å². The maximum Gasteiger partial charge on any atom is 0.237 e. The maximum absolute atomic E-state index is 12.0. The van der Waals surface area contributed by atoms with E-state index >= 15 is 0 Å². The molecule has 1 saturated carbocycles. The van der Waals surface area contributed by atoms with E-state index in [1.807, 2.05) is 6.92 Å². The second-order valence-corrected chi connectivity index (χ2v) is 6.35. The van der Waals surface area contributed by atoms with Crippen LogP contribution in [0.3, 0.4) is 0 Å². The van der Waals surface area contributed by atoms with Gasteiger partial charge in [-0.1, -0.05) is 52.9 Å². The predicted molar refractivity (Wildman–Crippen MR) is 76.2 cm³/mol. The monoisotopic (exact) mass is 254 g/mol. The molecule has 3 N–H and O–H groups in total. The summed E-state index contributed by atoms with van der Waals surface area (Å²) in [4.78, 5) is 12.0. The van der Waals surface area contributed by atoms with Gasteiger partial charge in [0.05, 0.1) is 6.04 Å². The second kappa shape index (κ2) is 7.13. The van der Waals surface area contributed by atoms with Gasteiger partial charge in [-0.05, 0) is 24.2 Å². The fourth-order valence-corrected chi connectivity index (χ4v) is 2.69. The molecule has 18 heavy (non-hydrogen) atoms. The van der Waals surface area contributed by atoms with Gasteiger partial charge in [0.25, 0.3) is 0 Å². The lowest BCUT2D eigenvalue weighted by Gasteiger charge is -2.29. The highest BCUT2D eigenvalue weighted by Crippen LogP contribution is 2.33. The summed E-state index contributed by atoms with van der Waals surface area (Å²) in [6, 6.07) is -0.357. The van der Waals surface area contributed by atoms with E-state index in [0.29, 0.717) is 0 Å². The van der Waals surface area contributed by atoms with Crippen molar-refractivity contribution in [2.75, 3.05) is 6.54 Å². The highest BCUT2D eigenvalue weighted by molar-refractivity contribution is 5.81. The van der Waals surface area contributed by atoms with E-state index in [0.717, 1.165) is 13.0 Å². The van der Waals surface area contributed by atoms with Crippen molar-refractivity contribution in [1.82, 2.24) is 5.32 Å². The average Bonchev–Trinajstić information content (AvgIpc) is 2.59. The molecule has 3 heteroatoms. The van der Waals surface area contributed by atoms with Gasteiger partial charge in [-0.15, -0.1) is 0 Å². The van der Waals surface area contributed by atoms with Gasteiger partial charge in [0.1, 0.15) is 0 Å². The maximum atomic E-state index is 12.0. The van der Waals surface area contributed by atoms with Gasteiger partial charge in [0.15, 0.2) is 0 Å². The molecule has 1 aliphatic carbocycles. The molecule has 0 aromatic rings. The summed E-state index contributed by atoms with van der Waals surface area (Å²) < 4.78 is 0. The van der Waals surface area contributed by atoms with Gasteiger partial charge >= 0.3 is 0 Å². The summed E-state index contributed by atoms with van der Waals surface area (Å²) in [7, 11) is 0. The molecule has 2 atom stereocenters. The van der Waals surface area contributed by atoms with Crippen molar-refractivity contribution in [3.8, 4) is 0 Å². The zero-order valence-corrected chi connectivity index (χ0v) is 12.3. The quantitative estimate of drug-likeness (QED) is 0.741. The van der Waals surface area contributed by atoms with Crippen molar-refractivity contribution in [3.05, 3.63) is 0 Å². The third kappa shape index (κ3) is 4.60. The molecule has 1 amide bonds. The number of rotatable bonds is 5. The smallest absolute Gasteiger partial charge is 0.237 e. The van der Waals surface area contributed by atoms with Crippen molar-refractivity contribution in [3.63, 3.8) is 0 Å². The number of amides is 1. The molecule has 3 nitrogen and oxygen atoms in total. The van der Waals surface area contributed by atoms with Crippen LogP contribution in [0.2, 0.25) is 0 Å². The fourth-order valence-electron chi connectivity index (χ4n) is 2.69. The number of nitrogens with two attached hydrogens (primary N) is 1. The minimum Gasteiger partial charge on any atom is -0.354 e. The SMILES string of the molecule is CCC(C)C(N)C(=O)NCC1(C)CCCCCC1. The van der Waals surface area contributed by atoms with Crippen LogP contribution in [0.25, 0.3) is 0 Å².